The van der Waals surface area contributed by atoms with Gasteiger partial charge in [0.25, 0.3) is 0 Å². The van der Waals surface area contributed by atoms with E-state index < -0.39 is 0 Å². The van der Waals surface area contributed by atoms with E-state index in [2.05, 4.69) is 43.1 Å². The normalized spacial score (nSPS) is 36.5. The number of aromatic nitrogens is 1. The summed E-state index contributed by atoms with van der Waals surface area (Å²) in [4.78, 5) is 16.5. The molecule has 3 nitrogen and oxygen atoms in total. The molecule has 0 amide bonds. The fourth-order valence-corrected chi connectivity index (χ4v) is 6.97. The zero-order chi connectivity index (χ0) is 21.8. The van der Waals surface area contributed by atoms with E-state index in [0.29, 0.717) is 11.8 Å². The maximum atomic E-state index is 12.1. The molecule has 1 aromatic heterocycles. The molecule has 5 atom stereocenters. The summed E-state index contributed by atoms with van der Waals surface area (Å²) in [6, 6.07) is 4.25. The van der Waals surface area contributed by atoms with Gasteiger partial charge in [-0.05, 0) is 66.6 Å². The minimum atomic E-state index is -0.0542. The molecule has 0 spiro atoms. The second-order valence-corrected chi connectivity index (χ2v) is 10.9. The molecule has 5 rings (SSSR count). The summed E-state index contributed by atoms with van der Waals surface area (Å²) < 4.78 is 5.83. The molecule has 1 heterocycles. The van der Waals surface area contributed by atoms with Crippen LogP contribution in [0.1, 0.15) is 71.8 Å². The Hall–Kier alpha value is -2.16. The van der Waals surface area contributed by atoms with E-state index in [9.17, 15) is 4.79 Å². The third kappa shape index (κ3) is 3.23. The Morgan fingerprint density at radius 3 is 2.77 bits per heavy atom. The number of nitrogens with zero attached hydrogens (tertiary/aromatic N) is 1. The van der Waals surface area contributed by atoms with Gasteiger partial charge in [0.1, 0.15) is 6.10 Å². The molecule has 4 aliphatic rings. The number of allylic oxidation sites excluding steroid dienone is 5. The van der Waals surface area contributed by atoms with Gasteiger partial charge in [-0.1, -0.05) is 63.1 Å². The van der Waals surface area contributed by atoms with Gasteiger partial charge in [0.15, 0.2) is 0 Å². The Kier molecular flexibility index (Phi) is 4.99. The first-order chi connectivity index (χ1) is 14.8. The molecule has 0 radical (unpaired) electrons. The molecule has 0 aromatic carbocycles. The Bertz CT molecular complexity index is 972. The van der Waals surface area contributed by atoms with Gasteiger partial charge in [-0.3, -0.25) is 9.78 Å². The van der Waals surface area contributed by atoms with Crippen molar-refractivity contribution in [2.75, 3.05) is 0 Å². The number of carbonyl (C=O) groups is 1. The smallest absolute Gasteiger partial charge is 0.308 e. The van der Waals surface area contributed by atoms with Gasteiger partial charge >= 0.3 is 5.97 Å². The first-order valence-electron chi connectivity index (χ1n) is 12.1. The highest BCUT2D eigenvalue weighted by Gasteiger charge is 2.54. The molecule has 0 bridgehead atoms. The molecule has 1 aromatic rings. The zero-order valence-corrected chi connectivity index (χ0v) is 19.4. The van der Waals surface area contributed by atoms with Crippen molar-refractivity contribution in [3.05, 3.63) is 59.5 Å². The predicted molar refractivity (Wildman–Crippen MR) is 124 cm³/mol. The van der Waals surface area contributed by atoms with E-state index in [4.69, 9.17) is 4.74 Å². The van der Waals surface area contributed by atoms with Crippen LogP contribution in [0.4, 0.5) is 0 Å². The second kappa shape index (κ2) is 7.46. The Morgan fingerprint density at radius 1 is 1.19 bits per heavy atom. The van der Waals surface area contributed by atoms with E-state index >= 15 is 0 Å². The largest absolute Gasteiger partial charge is 0.462 e. The van der Waals surface area contributed by atoms with Gasteiger partial charge in [0, 0.05) is 24.2 Å². The third-order valence-corrected chi connectivity index (χ3v) is 8.83. The van der Waals surface area contributed by atoms with Crippen molar-refractivity contribution in [1.82, 2.24) is 4.98 Å². The molecule has 0 saturated heterocycles. The van der Waals surface area contributed by atoms with Gasteiger partial charge in [-0.2, -0.15) is 0 Å². The maximum absolute atomic E-state index is 12.1. The number of carbonyl (C=O) groups excluding carboxylic acids is 1. The minimum absolute atomic E-state index is 0.0511. The second-order valence-electron chi connectivity index (χ2n) is 10.9. The van der Waals surface area contributed by atoms with E-state index in [1.807, 2.05) is 32.3 Å². The van der Waals surface area contributed by atoms with Gasteiger partial charge < -0.3 is 4.74 Å². The van der Waals surface area contributed by atoms with Crippen LogP contribution < -0.4 is 0 Å². The summed E-state index contributed by atoms with van der Waals surface area (Å²) in [5.41, 5.74) is 6.26. The number of hydrogen-bond acceptors (Lipinski definition) is 3. The van der Waals surface area contributed by atoms with Crippen LogP contribution in [0.2, 0.25) is 0 Å². The van der Waals surface area contributed by atoms with Crippen LogP contribution in [-0.2, 0) is 9.53 Å². The van der Waals surface area contributed by atoms with Crippen LogP contribution in [0.3, 0.4) is 0 Å². The lowest BCUT2D eigenvalue weighted by Gasteiger charge is -2.56. The number of rotatable bonds is 3. The SMILES string of the molecule is CC(C)C(=O)O[C@H]1CC[C@@]2(C)C(=CCC3C4=CC=C(c5cccnc5)[C@@]4(C)CCC32)C1. The summed E-state index contributed by atoms with van der Waals surface area (Å²) in [7, 11) is 0. The van der Waals surface area contributed by atoms with Crippen molar-refractivity contribution in [2.24, 2.45) is 28.6 Å². The van der Waals surface area contributed by atoms with Crippen LogP contribution in [0.25, 0.3) is 5.57 Å². The Balaban J connectivity index is 1.38. The van der Waals surface area contributed by atoms with Gasteiger partial charge in [0.2, 0.25) is 0 Å². The Labute approximate surface area is 186 Å². The fraction of sp³-hybridized carbons (Fsp3) is 0.571. The molecule has 31 heavy (non-hydrogen) atoms. The number of fused-ring (bicyclic) bond motifs is 5. The lowest BCUT2D eigenvalue weighted by atomic mass is 9.49. The molecule has 4 aliphatic carbocycles. The van der Waals surface area contributed by atoms with Crippen LogP contribution >= 0.6 is 0 Å². The van der Waals surface area contributed by atoms with E-state index in [-0.39, 0.29) is 28.8 Å². The summed E-state index contributed by atoms with van der Waals surface area (Å²) >= 11 is 0. The highest BCUT2D eigenvalue weighted by atomic mass is 16.5. The summed E-state index contributed by atoms with van der Waals surface area (Å²) in [5, 5.41) is 0. The molecule has 0 aliphatic heterocycles. The van der Waals surface area contributed by atoms with Gasteiger partial charge in [-0.15, -0.1) is 0 Å². The lowest BCUT2D eigenvalue weighted by molar-refractivity contribution is -0.154. The van der Waals surface area contributed by atoms with E-state index in [1.165, 1.54) is 24.0 Å². The van der Waals surface area contributed by atoms with Crippen molar-refractivity contribution in [3.63, 3.8) is 0 Å². The fourth-order valence-electron chi connectivity index (χ4n) is 6.97. The molecule has 3 heteroatoms. The van der Waals surface area contributed by atoms with Gasteiger partial charge in [-0.25, -0.2) is 0 Å². The molecular weight excluding hydrogens is 382 g/mol. The average molecular weight is 418 g/mol. The number of pyridine rings is 1. The first-order valence-corrected chi connectivity index (χ1v) is 12.1. The van der Waals surface area contributed by atoms with Crippen LogP contribution in [-0.4, -0.2) is 17.1 Å². The molecule has 2 saturated carbocycles. The van der Waals surface area contributed by atoms with Gasteiger partial charge in [0.05, 0.1) is 5.92 Å². The van der Waals surface area contributed by atoms with Crippen molar-refractivity contribution in [3.8, 4) is 0 Å². The molecular formula is C28H35NO2. The standard InChI is InChI=1S/C28H35NO2/c1-18(2)26(30)31-21-11-13-27(3)20(16-21)7-8-22-24-10-9-23(19-6-5-15-29-17-19)28(24,4)14-12-25(22)27/h5-7,9-10,15,17-18,21-22,25H,8,11-14,16H2,1-4H3/t21-,22?,25?,27-,28+/m0/s1. The maximum Gasteiger partial charge on any atom is 0.308 e. The Morgan fingerprint density at radius 2 is 2.03 bits per heavy atom. The summed E-state index contributed by atoms with van der Waals surface area (Å²) in [6.45, 7) is 8.78. The van der Waals surface area contributed by atoms with Crippen molar-refractivity contribution in [2.45, 2.75) is 72.3 Å². The molecule has 0 N–H and O–H groups in total. The van der Waals surface area contributed by atoms with Crippen molar-refractivity contribution < 1.29 is 9.53 Å². The monoisotopic (exact) mass is 417 g/mol. The van der Waals surface area contributed by atoms with E-state index in [1.54, 1.807) is 11.1 Å². The number of ether oxygens (including phenoxy) is 1. The zero-order valence-electron chi connectivity index (χ0n) is 19.4. The van der Waals surface area contributed by atoms with Crippen LogP contribution in [0.15, 0.2) is 53.9 Å². The highest BCUT2D eigenvalue weighted by Crippen LogP contribution is 2.64. The van der Waals surface area contributed by atoms with E-state index in [0.717, 1.165) is 25.7 Å². The van der Waals surface area contributed by atoms with Crippen LogP contribution in [0.5, 0.6) is 0 Å². The lowest BCUT2D eigenvalue weighted by Crippen LogP contribution is -2.47. The average Bonchev–Trinajstić information content (AvgIpc) is 3.11. The molecule has 164 valence electrons. The van der Waals surface area contributed by atoms with Crippen molar-refractivity contribution >= 4 is 11.5 Å². The van der Waals surface area contributed by atoms with Crippen LogP contribution in [0, 0.1) is 28.6 Å². The molecule has 2 unspecified atom stereocenters. The number of esters is 1. The summed E-state index contributed by atoms with van der Waals surface area (Å²) in [5.74, 6) is 1.20. The highest BCUT2D eigenvalue weighted by molar-refractivity contribution is 5.78. The number of hydrogen-bond donors (Lipinski definition) is 0. The minimum Gasteiger partial charge on any atom is -0.462 e. The predicted octanol–water partition coefficient (Wildman–Crippen LogP) is 6.53. The molecule has 2 fully saturated rings. The van der Waals surface area contributed by atoms with Crippen molar-refractivity contribution in [1.29, 1.82) is 0 Å². The first kappa shape index (κ1) is 20.7. The topological polar surface area (TPSA) is 39.2 Å². The quantitative estimate of drug-likeness (QED) is 0.415. The third-order valence-electron chi connectivity index (χ3n) is 8.83. The summed E-state index contributed by atoms with van der Waals surface area (Å²) in [6.07, 6.45) is 17.9.